The van der Waals surface area contributed by atoms with E-state index in [9.17, 15) is 5.11 Å². The lowest BCUT2D eigenvalue weighted by Gasteiger charge is -2.03. The van der Waals surface area contributed by atoms with Crippen LogP contribution in [-0.4, -0.2) is 11.6 Å². The third-order valence-electron chi connectivity index (χ3n) is 2.40. The third kappa shape index (κ3) is 1.66. The van der Waals surface area contributed by atoms with E-state index in [0.29, 0.717) is 10.0 Å². The highest BCUT2D eigenvalue weighted by Crippen LogP contribution is 2.51. The average molecular weight is 217 g/mol. The van der Waals surface area contributed by atoms with Gasteiger partial charge in [0.25, 0.3) is 0 Å². The van der Waals surface area contributed by atoms with Crippen LogP contribution in [0.3, 0.4) is 0 Å². The second kappa shape index (κ2) is 3.45. The lowest BCUT2D eigenvalue weighted by Crippen LogP contribution is -1.90. The minimum atomic E-state index is -0.0420. The van der Waals surface area contributed by atoms with Crippen LogP contribution in [0.5, 0.6) is 0 Å². The monoisotopic (exact) mass is 216 g/mol. The Bertz CT molecular complexity index is 309. The molecule has 2 unspecified atom stereocenters. The van der Waals surface area contributed by atoms with Gasteiger partial charge in [-0.3, -0.25) is 4.98 Å². The van der Waals surface area contributed by atoms with Crippen LogP contribution >= 0.6 is 23.2 Å². The fraction of sp³-hybridized carbons (Fsp3) is 0.444. The van der Waals surface area contributed by atoms with Crippen LogP contribution < -0.4 is 0 Å². The molecule has 1 saturated carbocycles. The lowest BCUT2D eigenvalue weighted by atomic mass is 10.1. The molecule has 69 valence electrons. The standard InChI is InChI=1S/C9H8Cl2NO/c10-7-2-12-3-8(11)9(7)6-1-5(6)4-13/h2-3,5-6H,1,4H2. The van der Waals surface area contributed by atoms with Crippen molar-refractivity contribution in [3.05, 3.63) is 28.0 Å². The summed E-state index contributed by atoms with van der Waals surface area (Å²) in [6.45, 7) is -0.0420. The zero-order valence-electron chi connectivity index (χ0n) is 6.84. The van der Waals surface area contributed by atoms with E-state index >= 15 is 0 Å². The summed E-state index contributed by atoms with van der Waals surface area (Å²) in [5.74, 6) is 0.484. The summed E-state index contributed by atoms with van der Waals surface area (Å²) in [7, 11) is 0. The molecule has 1 radical (unpaired) electrons. The van der Waals surface area contributed by atoms with Gasteiger partial charge >= 0.3 is 0 Å². The number of aromatic nitrogens is 1. The quantitative estimate of drug-likeness (QED) is 0.749. The van der Waals surface area contributed by atoms with Crippen molar-refractivity contribution in [1.29, 1.82) is 0 Å². The molecule has 0 amide bonds. The summed E-state index contributed by atoms with van der Waals surface area (Å²) >= 11 is 11.9. The number of rotatable bonds is 2. The van der Waals surface area contributed by atoms with Crippen LogP contribution in [0.25, 0.3) is 0 Å². The van der Waals surface area contributed by atoms with Crippen molar-refractivity contribution in [3.8, 4) is 0 Å². The molecule has 0 saturated heterocycles. The second-order valence-corrected chi connectivity index (χ2v) is 4.10. The van der Waals surface area contributed by atoms with Gasteiger partial charge in [0.1, 0.15) is 0 Å². The van der Waals surface area contributed by atoms with Gasteiger partial charge in [-0.1, -0.05) is 23.2 Å². The van der Waals surface area contributed by atoms with Gasteiger partial charge in [0.15, 0.2) is 0 Å². The van der Waals surface area contributed by atoms with Crippen LogP contribution in [0.1, 0.15) is 17.9 Å². The topological polar surface area (TPSA) is 32.8 Å². The number of pyridine rings is 1. The van der Waals surface area contributed by atoms with E-state index < -0.39 is 0 Å². The molecule has 1 aromatic heterocycles. The average Bonchev–Trinajstić information content (AvgIpc) is 2.83. The molecular formula is C9H8Cl2NO. The van der Waals surface area contributed by atoms with E-state index in [1.165, 1.54) is 0 Å². The van der Waals surface area contributed by atoms with E-state index in [2.05, 4.69) is 4.98 Å². The smallest absolute Gasteiger partial charge is 0.0856 e. The third-order valence-corrected chi connectivity index (χ3v) is 3.00. The predicted octanol–water partition coefficient (Wildman–Crippen LogP) is 2.92. The van der Waals surface area contributed by atoms with Gasteiger partial charge in [-0.05, 0) is 23.8 Å². The van der Waals surface area contributed by atoms with Crippen LogP contribution in [0.2, 0.25) is 10.0 Å². The first-order valence-electron chi connectivity index (χ1n) is 4.11. The minimum absolute atomic E-state index is 0.0420. The summed E-state index contributed by atoms with van der Waals surface area (Å²) in [6.07, 6.45) is 4.05. The van der Waals surface area contributed by atoms with Gasteiger partial charge in [0, 0.05) is 12.4 Å². The van der Waals surface area contributed by atoms with E-state index in [1.54, 1.807) is 12.4 Å². The molecule has 1 heterocycles. The number of halogens is 2. The molecular weight excluding hydrogens is 209 g/mol. The number of hydrogen-bond acceptors (Lipinski definition) is 1. The molecule has 0 bridgehead atoms. The first-order valence-corrected chi connectivity index (χ1v) is 4.86. The van der Waals surface area contributed by atoms with E-state index in [0.717, 1.165) is 12.0 Å². The van der Waals surface area contributed by atoms with Crippen molar-refractivity contribution in [1.82, 2.24) is 4.98 Å². The molecule has 0 aliphatic heterocycles. The van der Waals surface area contributed by atoms with Gasteiger partial charge in [-0.2, -0.15) is 0 Å². The van der Waals surface area contributed by atoms with Crippen molar-refractivity contribution in [2.75, 3.05) is 6.61 Å². The van der Waals surface area contributed by atoms with Crippen LogP contribution in [0.4, 0.5) is 0 Å². The molecule has 2 rings (SSSR count). The first-order chi connectivity index (χ1) is 6.24. The summed E-state index contributed by atoms with van der Waals surface area (Å²) in [5.41, 5.74) is 0.902. The number of nitrogens with zero attached hydrogens (tertiary/aromatic N) is 1. The Labute approximate surface area is 86.5 Å². The van der Waals surface area contributed by atoms with Crippen molar-refractivity contribution in [2.24, 2.45) is 5.92 Å². The molecule has 1 fully saturated rings. The Morgan fingerprint density at radius 3 is 2.46 bits per heavy atom. The Morgan fingerprint density at radius 1 is 1.38 bits per heavy atom. The highest BCUT2D eigenvalue weighted by molar-refractivity contribution is 6.35. The van der Waals surface area contributed by atoms with Crippen molar-refractivity contribution < 1.29 is 5.11 Å². The molecule has 1 aromatic rings. The van der Waals surface area contributed by atoms with Crippen LogP contribution in [0.15, 0.2) is 12.4 Å². The highest BCUT2D eigenvalue weighted by atomic mass is 35.5. The summed E-state index contributed by atoms with van der Waals surface area (Å²) in [4.78, 5) is 3.86. The molecule has 1 aliphatic rings. The zero-order valence-corrected chi connectivity index (χ0v) is 8.35. The SMILES string of the molecule is [O]CC1CC1c1c(Cl)cncc1Cl. The maximum absolute atomic E-state index is 10.6. The Balaban J connectivity index is 2.30. The molecule has 0 aromatic carbocycles. The van der Waals surface area contributed by atoms with Gasteiger partial charge in [-0.25, -0.2) is 5.11 Å². The fourth-order valence-corrected chi connectivity index (χ4v) is 2.21. The highest BCUT2D eigenvalue weighted by Gasteiger charge is 2.40. The van der Waals surface area contributed by atoms with Crippen molar-refractivity contribution in [3.63, 3.8) is 0 Å². The Hall–Kier alpha value is -0.310. The molecule has 0 N–H and O–H groups in total. The van der Waals surface area contributed by atoms with Gasteiger partial charge < -0.3 is 0 Å². The van der Waals surface area contributed by atoms with Gasteiger partial charge in [-0.15, -0.1) is 0 Å². The van der Waals surface area contributed by atoms with Gasteiger partial charge in [0.2, 0.25) is 0 Å². The second-order valence-electron chi connectivity index (χ2n) is 3.29. The number of hydrogen-bond donors (Lipinski definition) is 0. The van der Waals surface area contributed by atoms with Crippen LogP contribution in [0, 0.1) is 5.92 Å². The normalized spacial score (nSPS) is 26.1. The van der Waals surface area contributed by atoms with E-state index in [4.69, 9.17) is 23.2 Å². The van der Waals surface area contributed by atoms with Gasteiger partial charge in [0.05, 0.1) is 16.7 Å². The molecule has 4 heteroatoms. The largest absolute Gasteiger partial charge is 0.262 e. The lowest BCUT2D eigenvalue weighted by molar-refractivity contribution is 0.177. The molecule has 0 spiro atoms. The van der Waals surface area contributed by atoms with E-state index in [-0.39, 0.29) is 18.4 Å². The minimum Gasteiger partial charge on any atom is -0.262 e. The molecule has 2 nitrogen and oxygen atoms in total. The fourth-order valence-electron chi connectivity index (χ4n) is 1.56. The molecule has 2 atom stereocenters. The first kappa shape index (κ1) is 9.25. The van der Waals surface area contributed by atoms with E-state index in [1.807, 2.05) is 0 Å². The summed E-state index contributed by atoms with van der Waals surface area (Å²) in [6, 6.07) is 0. The maximum atomic E-state index is 10.6. The predicted molar refractivity (Wildman–Crippen MR) is 50.7 cm³/mol. The van der Waals surface area contributed by atoms with Crippen molar-refractivity contribution in [2.45, 2.75) is 12.3 Å². The van der Waals surface area contributed by atoms with Crippen LogP contribution in [-0.2, 0) is 5.11 Å². The molecule has 13 heavy (non-hydrogen) atoms. The zero-order chi connectivity index (χ0) is 9.42. The Morgan fingerprint density at radius 2 is 2.00 bits per heavy atom. The molecule has 1 aliphatic carbocycles. The Kier molecular flexibility index (Phi) is 2.45. The maximum Gasteiger partial charge on any atom is 0.0856 e. The van der Waals surface area contributed by atoms with Crippen molar-refractivity contribution >= 4 is 23.2 Å². The summed E-state index contributed by atoms with van der Waals surface area (Å²) in [5, 5.41) is 11.8. The summed E-state index contributed by atoms with van der Waals surface area (Å²) < 4.78 is 0.